The van der Waals surface area contributed by atoms with E-state index in [1.165, 1.54) is 17.0 Å². The van der Waals surface area contributed by atoms with Crippen molar-refractivity contribution in [2.24, 2.45) is 11.3 Å². The van der Waals surface area contributed by atoms with Gasteiger partial charge in [0.05, 0.1) is 10.5 Å². The number of hydrogen-bond acceptors (Lipinski definition) is 4. The summed E-state index contributed by atoms with van der Waals surface area (Å²) < 4.78 is 0. The maximum Gasteiger partial charge on any atom is 0.271 e. The van der Waals surface area contributed by atoms with Crippen LogP contribution in [0.3, 0.4) is 0 Å². The first-order valence-electron chi connectivity index (χ1n) is 8.41. The third kappa shape index (κ3) is 3.74. The molecular formula is C19H22N2O3S. The van der Waals surface area contributed by atoms with Gasteiger partial charge in [-0.15, -0.1) is 11.3 Å². The Morgan fingerprint density at radius 2 is 2.12 bits per heavy atom. The summed E-state index contributed by atoms with van der Waals surface area (Å²) in [6.07, 6.45) is 3.02. The van der Waals surface area contributed by atoms with Gasteiger partial charge in [0.2, 0.25) is 0 Å². The van der Waals surface area contributed by atoms with E-state index in [-0.39, 0.29) is 17.0 Å². The van der Waals surface area contributed by atoms with Crippen LogP contribution in [-0.4, -0.2) is 10.8 Å². The topological polar surface area (TPSA) is 72.2 Å². The molecule has 132 valence electrons. The lowest BCUT2D eigenvalue weighted by Gasteiger charge is -2.34. The van der Waals surface area contributed by atoms with Crippen LogP contribution in [-0.2, 0) is 12.8 Å². The van der Waals surface area contributed by atoms with Gasteiger partial charge in [-0.3, -0.25) is 14.9 Å². The third-order valence-corrected chi connectivity index (χ3v) is 5.99. The first kappa shape index (κ1) is 17.6. The number of nitro benzene ring substituents is 1. The maximum atomic E-state index is 12.6. The molecule has 2 aromatic rings. The van der Waals surface area contributed by atoms with Crippen molar-refractivity contribution in [3.8, 4) is 0 Å². The SMILES string of the molecule is CC(C)(C)C1CCc2c(C(=O)Nc3cccc([N+](=O)[O-])c3)csc2C1. The number of nitro groups is 1. The number of amides is 1. The molecule has 1 N–H and O–H groups in total. The monoisotopic (exact) mass is 358 g/mol. The van der Waals surface area contributed by atoms with Gasteiger partial charge < -0.3 is 5.32 Å². The second-order valence-corrected chi connectivity index (χ2v) is 8.58. The summed E-state index contributed by atoms with van der Waals surface area (Å²) >= 11 is 1.65. The number of nitrogens with one attached hydrogen (secondary N) is 1. The fourth-order valence-corrected chi connectivity index (χ4v) is 4.50. The molecule has 0 saturated carbocycles. The molecule has 0 fully saturated rings. The fraction of sp³-hybridized carbons (Fsp3) is 0.421. The summed E-state index contributed by atoms with van der Waals surface area (Å²) in [4.78, 5) is 24.3. The number of nitrogens with zero attached hydrogens (tertiary/aromatic N) is 1. The highest BCUT2D eigenvalue weighted by Crippen LogP contribution is 2.40. The second-order valence-electron chi connectivity index (χ2n) is 7.62. The van der Waals surface area contributed by atoms with Crippen molar-refractivity contribution in [1.29, 1.82) is 0 Å². The van der Waals surface area contributed by atoms with Crippen molar-refractivity contribution >= 4 is 28.6 Å². The average molecular weight is 358 g/mol. The van der Waals surface area contributed by atoms with E-state index in [9.17, 15) is 14.9 Å². The van der Waals surface area contributed by atoms with Crippen molar-refractivity contribution in [3.05, 3.63) is 55.8 Å². The van der Waals surface area contributed by atoms with Gasteiger partial charge in [-0.2, -0.15) is 0 Å². The third-order valence-electron chi connectivity index (χ3n) is 4.94. The highest BCUT2D eigenvalue weighted by Gasteiger charge is 2.31. The number of benzene rings is 1. The minimum atomic E-state index is -0.464. The van der Waals surface area contributed by atoms with Crippen LogP contribution in [0.5, 0.6) is 0 Å². The zero-order valence-corrected chi connectivity index (χ0v) is 15.5. The van der Waals surface area contributed by atoms with Crippen LogP contribution in [0.2, 0.25) is 0 Å². The molecule has 1 aliphatic carbocycles. The summed E-state index contributed by atoms with van der Waals surface area (Å²) in [6.45, 7) is 6.81. The van der Waals surface area contributed by atoms with Crippen LogP contribution in [0.1, 0.15) is 48.0 Å². The minimum absolute atomic E-state index is 0.0295. The van der Waals surface area contributed by atoms with Crippen LogP contribution in [0, 0.1) is 21.4 Å². The van der Waals surface area contributed by atoms with Gasteiger partial charge in [0.15, 0.2) is 0 Å². The number of hydrogen-bond donors (Lipinski definition) is 1. The molecule has 5 nitrogen and oxygen atoms in total. The molecule has 1 amide bonds. The lowest BCUT2D eigenvalue weighted by Crippen LogP contribution is -2.27. The number of fused-ring (bicyclic) bond motifs is 1. The summed E-state index contributed by atoms with van der Waals surface area (Å²) in [5.74, 6) is 0.443. The number of carbonyl (C=O) groups is 1. The average Bonchev–Trinajstić information content (AvgIpc) is 2.97. The van der Waals surface area contributed by atoms with E-state index in [4.69, 9.17) is 0 Å². The normalized spacial score (nSPS) is 17.0. The molecule has 0 radical (unpaired) electrons. The number of carbonyl (C=O) groups excluding carboxylic acids is 1. The fourth-order valence-electron chi connectivity index (χ4n) is 3.34. The van der Waals surface area contributed by atoms with E-state index in [0.29, 0.717) is 17.2 Å². The van der Waals surface area contributed by atoms with E-state index in [1.807, 2.05) is 5.38 Å². The minimum Gasteiger partial charge on any atom is -0.322 e. The van der Waals surface area contributed by atoms with Gasteiger partial charge in [-0.1, -0.05) is 26.8 Å². The highest BCUT2D eigenvalue weighted by molar-refractivity contribution is 7.10. The van der Waals surface area contributed by atoms with E-state index >= 15 is 0 Å². The molecule has 1 aromatic heterocycles. The Kier molecular flexibility index (Phi) is 4.64. The van der Waals surface area contributed by atoms with Crippen molar-refractivity contribution in [2.75, 3.05) is 5.32 Å². The molecule has 0 bridgehead atoms. The predicted octanol–water partition coefficient (Wildman–Crippen LogP) is 5.06. The zero-order valence-electron chi connectivity index (χ0n) is 14.7. The van der Waals surface area contributed by atoms with E-state index in [0.717, 1.165) is 24.8 Å². The van der Waals surface area contributed by atoms with Crippen molar-refractivity contribution in [3.63, 3.8) is 0 Å². The van der Waals surface area contributed by atoms with Gasteiger partial charge in [0.1, 0.15) is 0 Å². The molecule has 1 unspecified atom stereocenters. The molecule has 25 heavy (non-hydrogen) atoms. The van der Waals surface area contributed by atoms with Crippen LogP contribution in [0.4, 0.5) is 11.4 Å². The summed E-state index contributed by atoms with van der Waals surface area (Å²) in [5.41, 5.74) is 2.54. The molecule has 1 aliphatic rings. The number of non-ortho nitro benzene ring substituents is 1. The predicted molar refractivity (Wildman–Crippen MR) is 100 cm³/mol. The first-order chi connectivity index (χ1) is 11.8. The lowest BCUT2D eigenvalue weighted by atomic mass is 9.72. The first-order valence-corrected chi connectivity index (χ1v) is 9.28. The van der Waals surface area contributed by atoms with Gasteiger partial charge in [0.25, 0.3) is 11.6 Å². The van der Waals surface area contributed by atoms with Gasteiger partial charge in [-0.25, -0.2) is 0 Å². The van der Waals surface area contributed by atoms with Crippen LogP contribution in [0.25, 0.3) is 0 Å². The van der Waals surface area contributed by atoms with E-state index in [2.05, 4.69) is 26.1 Å². The largest absolute Gasteiger partial charge is 0.322 e. The molecule has 0 aliphatic heterocycles. The Morgan fingerprint density at radius 1 is 1.36 bits per heavy atom. The van der Waals surface area contributed by atoms with Crippen molar-refractivity contribution < 1.29 is 9.72 Å². The number of anilines is 1. The zero-order chi connectivity index (χ0) is 18.2. The van der Waals surface area contributed by atoms with Gasteiger partial charge >= 0.3 is 0 Å². The van der Waals surface area contributed by atoms with Gasteiger partial charge in [-0.05, 0) is 42.2 Å². The van der Waals surface area contributed by atoms with Crippen molar-refractivity contribution in [2.45, 2.75) is 40.0 Å². The second kappa shape index (κ2) is 6.59. The maximum absolute atomic E-state index is 12.6. The molecule has 3 rings (SSSR count). The van der Waals surface area contributed by atoms with Gasteiger partial charge in [0, 0.05) is 28.1 Å². The molecule has 0 saturated heterocycles. The molecule has 1 heterocycles. The Morgan fingerprint density at radius 3 is 2.80 bits per heavy atom. The molecule has 0 spiro atoms. The summed E-state index contributed by atoms with van der Waals surface area (Å²) in [7, 11) is 0. The Hall–Kier alpha value is -2.21. The Bertz CT molecular complexity index is 820. The molecular weight excluding hydrogens is 336 g/mol. The smallest absolute Gasteiger partial charge is 0.271 e. The number of rotatable bonds is 3. The lowest BCUT2D eigenvalue weighted by molar-refractivity contribution is -0.384. The number of thiophene rings is 1. The van der Waals surface area contributed by atoms with E-state index in [1.54, 1.807) is 23.5 Å². The van der Waals surface area contributed by atoms with Crippen LogP contribution >= 0.6 is 11.3 Å². The Labute approximate surface area is 151 Å². The van der Waals surface area contributed by atoms with E-state index < -0.39 is 4.92 Å². The van der Waals surface area contributed by atoms with Crippen LogP contribution in [0.15, 0.2) is 29.6 Å². The van der Waals surface area contributed by atoms with Crippen molar-refractivity contribution in [1.82, 2.24) is 0 Å². The van der Waals surface area contributed by atoms with Crippen LogP contribution < -0.4 is 5.32 Å². The molecule has 1 atom stereocenters. The summed E-state index contributed by atoms with van der Waals surface area (Å²) in [5, 5.41) is 15.6. The molecule has 6 heteroatoms. The highest BCUT2D eigenvalue weighted by atomic mass is 32.1. The standard InChI is InChI=1S/C19H22N2O3S/c1-19(2,3)12-7-8-15-16(11-25-17(15)9-12)18(22)20-13-5-4-6-14(10-13)21(23)24/h4-6,10-12H,7-9H2,1-3H3,(H,20,22). The quantitative estimate of drug-likeness (QED) is 0.616. The molecule has 1 aromatic carbocycles. The Balaban J connectivity index is 1.78. The summed E-state index contributed by atoms with van der Waals surface area (Å²) in [6, 6.07) is 6.03.